The molecule has 1 aromatic heterocycles. The lowest BCUT2D eigenvalue weighted by Crippen LogP contribution is -2.46. The molecular formula is C20H21Cl3N4O3. The quantitative estimate of drug-likeness (QED) is 0.642. The number of ether oxygens (including phenoxy) is 1. The molecule has 1 N–H and O–H groups in total. The zero-order chi connectivity index (χ0) is 21.7. The van der Waals surface area contributed by atoms with Crippen molar-refractivity contribution in [3.05, 3.63) is 51.2 Å². The molecule has 3 rings (SSSR count). The average Bonchev–Trinajstić information content (AvgIpc) is 2.76. The van der Waals surface area contributed by atoms with Crippen LogP contribution in [0.4, 0.5) is 11.4 Å². The summed E-state index contributed by atoms with van der Waals surface area (Å²) in [6.07, 6.45) is 1.19. The number of rotatable bonds is 6. The van der Waals surface area contributed by atoms with E-state index in [0.29, 0.717) is 5.69 Å². The van der Waals surface area contributed by atoms with Crippen molar-refractivity contribution in [2.45, 2.75) is 6.92 Å². The van der Waals surface area contributed by atoms with Crippen LogP contribution in [0.3, 0.4) is 0 Å². The Morgan fingerprint density at radius 2 is 1.73 bits per heavy atom. The molecule has 0 atom stereocenters. The summed E-state index contributed by atoms with van der Waals surface area (Å²) in [7, 11) is 0. The molecule has 1 amide bonds. The molecule has 0 radical (unpaired) electrons. The third-order valence-corrected chi connectivity index (χ3v) is 6.02. The molecule has 2 heterocycles. The van der Waals surface area contributed by atoms with Gasteiger partial charge in [0.1, 0.15) is 0 Å². The van der Waals surface area contributed by atoms with E-state index in [-0.39, 0.29) is 20.8 Å². The fraction of sp³-hybridized carbons (Fsp3) is 0.350. The van der Waals surface area contributed by atoms with Crippen molar-refractivity contribution < 1.29 is 14.3 Å². The number of benzene rings is 1. The summed E-state index contributed by atoms with van der Waals surface area (Å²) in [5.41, 5.74) is 1.51. The SMILES string of the molecule is CCN1CCN(c2ccc(NC(=O)COC(=O)c3ncc(Cl)c(Cl)c3Cl)cc2)CC1. The van der Waals surface area contributed by atoms with E-state index in [1.54, 1.807) is 0 Å². The van der Waals surface area contributed by atoms with Gasteiger partial charge in [-0.2, -0.15) is 0 Å². The summed E-state index contributed by atoms with van der Waals surface area (Å²) in [6.45, 7) is 6.77. The number of piperazine rings is 1. The summed E-state index contributed by atoms with van der Waals surface area (Å²) >= 11 is 17.6. The molecule has 1 aromatic carbocycles. The summed E-state index contributed by atoms with van der Waals surface area (Å²) in [5, 5.41) is 2.68. The van der Waals surface area contributed by atoms with Crippen LogP contribution in [-0.2, 0) is 9.53 Å². The van der Waals surface area contributed by atoms with Crippen molar-refractivity contribution in [3.63, 3.8) is 0 Å². The molecule has 30 heavy (non-hydrogen) atoms. The number of anilines is 2. The maximum Gasteiger partial charge on any atom is 0.359 e. The number of nitrogens with one attached hydrogen (secondary N) is 1. The van der Waals surface area contributed by atoms with Crippen molar-refractivity contribution in [1.29, 1.82) is 0 Å². The normalized spacial score (nSPS) is 14.5. The molecule has 0 spiro atoms. The predicted octanol–water partition coefficient (Wildman–Crippen LogP) is 3.98. The van der Waals surface area contributed by atoms with Gasteiger partial charge in [0, 0.05) is 43.8 Å². The second-order valence-corrected chi connectivity index (χ2v) is 7.84. The number of pyridine rings is 1. The van der Waals surface area contributed by atoms with Gasteiger partial charge in [0.25, 0.3) is 5.91 Å². The molecule has 1 aliphatic rings. The van der Waals surface area contributed by atoms with E-state index in [2.05, 4.69) is 27.0 Å². The van der Waals surface area contributed by atoms with Gasteiger partial charge in [0.05, 0.1) is 15.1 Å². The molecule has 0 bridgehead atoms. The maximum atomic E-state index is 12.1. The third kappa shape index (κ3) is 5.55. The Morgan fingerprint density at radius 3 is 2.37 bits per heavy atom. The van der Waals surface area contributed by atoms with Crippen molar-refractivity contribution >= 4 is 58.1 Å². The molecule has 7 nitrogen and oxygen atoms in total. The molecule has 160 valence electrons. The van der Waals surface area contributed by atoms with E-state index in [1.165, 1.54) is 6.20 Å². The Bertz CT molecular complexity index is 916. The molecule has 10 heteroatoms. The number of carbonyl (C=O) groups excluding carboxylic acids is 2. The topological polar surface area (TPSA) is 74.8 Å². The molecule has 2 aromatic rings. The highest BCUT2D eigenvalue weighted by atomic mass is 35.5. The summed E-state index contributed by atoms with van der Waals surface area (Å²) in [4.78, 5) is 32.7. The second-order valence-electron chi connectivity index (χ2n) is 6.68. The van der Waals surface area contributed by atoms with Crippen molar-refractivity contribution in [1.82, 2.24) is 9.88 Å². The number of halogens is 3. The first kappa shape index (κ1) is 22.6. The fourth-order valence-corrected chi connectivity index (χ4v) is 3.62. The average molecular weight is 472 g/mol. The van der Waals surface area contributed by atoms with Crippen LogP contribution in [0.15, 0.2) is 30.5 Å². The van der Waals surface area contributed by atoms with Crippen LogP contribution in [0, 0.1) is 0 Å². The van der Waals surface area contributed by atoms with E-state index in [1.807, 2.05) is 24.3 Å². The van der Waals surface area contributed by atoms with Crippen molar-refractivity contribution in [2.24, 2.45) is 0 Å². The second kappa shape index (κ2) is 10.3. The molecule has 0 aliphatic carbocycles. The van der Waals surface area contributed by atoms with Gasteiger partial charge in [-0.15, -0.1) is 0 Å². The maximum absolute atomic E-state index is 12.1. The minimum absolute atomic E-state index is 0.000863. The number of aromatic nitrogens is 1. The van der Waals surface area contributed by atoms with Crippen molar-refractivity contribution in [2.75, 3.05) is 49.5 Å². The summed E-state index contributed by atoms with van der Waals surface area (Å²) < 4.78 is 4.96. The predicted molar refractivity (Wildman–Crippen MR) is 119 cm³/mol. The lowest BCUT2D eigenvalue weighted by molar-refractivity contribution is -0.119. The van der Waals surface area contributed by atoms with E-state index in [9.17, 15) is 9.59 Å². The molecule has 1 fully saturated rings. The lowest BCUT2D eigenvalue weighted by Gasteiger charge is -2.35. The van der Waals surface area contributed by atoms with E-state index in [4.69, 9.17) is 39.5 Å². The number of esters is 1. The van der Waals surface area contributed by atoms with Crippen molar-refractivity contribution in [3.8, 4) is 0 Å². The minimum Gasteiger partial charge on any atom is -0.451 e. The van der Waals surface area contributed by atoms with Gasteiger partial charge < -0.3 is 19.9 Å². The van der Waals surface area contributed by atoms with Gasteiger partial charge in [-0.05, 0) is 30.8 Å². The third-order valence-electron chi connectivity index (χ3n) is 4.78. The van der Waals surface area contributed by atoms with Crippen LogP contribution >= 0.6 is 34.8 Å². The molecule has 0 unspecified atom stereocenters. The number of likely N-dealkylation sites (N-methyl/N-ethyl adjacent to an activating group) is 1. The summed E-state index contributed by atoms with van der Waals surface area (Å²) in [6, 6.07) is 7.56. The smallest absolute Gasteiger partial charge is 0.359 e. The number of nitrogens with zero attached hydrogens (tertiary/aromatic N) is 3. The highest BCUT2D eigenvalue weighted by molar-refractivity contribution is 6.48. The molecule has 1 aliphatic heterocycles. The first-order valence-corrected chi connectivity index (χ1v) is 10.6. The number of amides is 1. The van der Waals surface area contributed by atoms with Crippen LogP contribution in [0.5, 0.6) is 0 Å². The van der Waals surface area contributed by atoms with E-state index < -0.39 is 18.5 Å². The van der Waals surface area contributed by atoms with E-state index in [0.717, 1.165) is 38.4 Å². The molecular weight excluding hydrogens is 451 g/mol. The zero-order valence-corrected chi connectivity index (χ0v) is 18.6. The highest BCUT2D eigenvalue weighted by Crippen LogP contribution is 2.31. The highest BCUT2D eigenvalue weighted by Gasteiger charge is 2.20. The van der Waals surface area contributed by atoms with Crippen LogP contribution in [0.25, 0.3) is 0 Å². The van der Waals surface area contributed by atoms with Gasteiger partial charge in [0.15, 0.2) is 12.3 Å². The Kier molecular flexibility index (Phi) is 7.77. The largest absolute Gasteiger partial charge is 0.451 e. The summed E-state index contributed by atoms with van der Waals surface area (Å²) in [5.74, 6) is -1.35. The number of hydrogen-bond acceptors (Lipinski definition) is 6. The van der Waals surface area contributed by atoms with Gasteiger partial charge in [0.2, 0.25) is 0 Å². The van der Waals surface area contributed by atoms with E-state index >= 15 is 0 Å². The Balaban J connectivity index is 1.50. The lowest BCUT2D eigenvalue weighted by atomic mass is 10.2. The van der Waals surface area contributed by atoms with Gasteiger partial charge in [-0.1, -0.05) is 41.7 Å². The van der Waals surface area contributed by atoms with Crippen LogP contribution in [-0.4, -0.2) is 61.1 Å². The number of hydrogen-bond donors (Lipinski definition) is 1. The Hall–Kier alpha value is -2.06. The first-order chi connectivity index (χ1) is 14.4. The fourth-order valence-electron chi connectivity index (χ4n) is 3.06. The van der Waals surface area contributed by atoms with Crippen LogP contribution in [0.2, 0.25) is 15.1 Å². The van der Waals surface area contributed by atoms with Crippen LogP contribution in [0.1, 0.15) is 17.4 Å². The van der Waals surface area contributed by atoms with Crippen LogP contribution < -0.4 is 10.2 Å². The molecule has 1 saturated heterocycles. The zero-order valence-electron chi connectivity index (χ0n) is 16.3. The number of carbonyl (C=O) groups is 2. The van der Waals surface area contributed by atoms with Gasteiger partial charge in [-0.25, -0.2) is 9.78 Å². The Morgan fingerprint density at radius 1 is 1.07 bits per heavy atom. The Labute approximate surface area is 189 Å². The monoisotopic (exact) mass is 470 g/mol. The van der Waals surface area contributed by atoms with Gasteiger partial charge in [-0.3, -0.25) is 4.79 Å². The first-order valence-electron chi connectivity index (χ1n) is 9.43. The molecule has 0 saturated carbocycles. The minimum atomic E-state index is -0.865. The van der Waals surface area contributed by atoms with Gasteiger partial charge >= 0.3 is 5.97 Å². The standard InChI is InChI=1S/C20H21Cl3N4O3/c1-2-26-7-9-27(10-8-26)14-5-3-13(4-6-14)25-16(28)12-30-20(29)19-18(23)17(22)15(21)11-24-19/h3-6,11H,2,7-10,12H2,1H3,(H,25,28).